The summed E-state index contributed by atoms with van der Waals surface area (Å²) < 4.78 is 17.4. The fourth-order valence-corrected chi connectivity index (χ4v) is 4.08. The second-order valence-electron chi connectivity index (χ2n) is 7.17. The zero-order valence-electron chi connectivity index (χ0n) is 14.8. The highest BCUT2D eigenvalue weighted by atomic mass is 16.5. The molecule has 2 atom stereocenters. The molecule has 0 bridgehead atoms. The molecule has 0 radical (unpaired) electrons. The Morgan fingerprint density at radius 1 is 1.35 bits per heavy atom. The summed E-state index contributed by atoms with van der Waals surface area (Å²) in [6, 6.07) is 7.38. The summed E-state index contributed by atoms with van der Waals surface area (Å²) in [7, 11) is 0. The van der Waals surface area contributed by atoms with Gasteiger partial charge in [0.1, 0.15) is 0 Å². The molecule has 4 heterocycles. The van der Waals surface area contributed by atoms with E-state index in [9.17, 15) is 4.79 Å². The van der Waals surface area contributed by atoms with E-state index in [2.05, 4.69) is 4.98 Å². The number of fused-ring (bicyclic) bond motifs is 1. The van der Waals surface area contributed by atoms with Gasteiger partial charge in [-0.2, -0.15) is 0 Å². The maximum absolute atomic E-state index is 12.7. The number of ether oxygens (including phenoxy) is 2. The van der Waals surface area contributed by atoms with Crippen molar-refractivity contribution < 1.29 is 18.7 Å². The second-order valence-corrected chi connectivity index (χ2v) is 7.17. The Morgan fingerprint density at radius 3 is 3.04 bits per heavy atom. The predicted molar refractivity (Wildman–Crippen MR) is 94.5 cm³/mol. The average Bonchev–Trinajstić information content (AvgIpc) is 3.22. The number of furan rings is 1. The molecule has 1 amide bonds. The minimum absolute atomic E-state index is 0.0486. The van der Waals surface area contributed by atoms with Crippen molar-refractivity contribution in [2.24, 2.45) is 5.41 Å². The van der Waals surface area contributed by atoms with E-state index in [-0.39, 0.29) is 17.4 Å². The summed E-state index contributed by atoms with van der Waals surface area (Å²) in [5.74, 6) is 0.348. The summed E-state index contributed by atoms with van der Waals surface area (Å²) in [6.45, 7) is 3.26. The van der Waals surface area contributed by atoms with Crippen molar-refractivity contribution in [3.63, 3.8) is 0 Å². The Bertz CT molecular complexity index is 719. The van der Waals surface area contributed by atoms with Crippen molar-refractivity contribution in [3.8, 4) is 0 Å². The molecular weight excluding hydrogens is 332 g/mol. The number of pyridine rings is 1. The molecule has 4 rings (SSSR count). The van der Waals surface area contributed by atoms with Gasteiger partial charge >= 0.3 is 0 Å². The van der Waals surface area contributed by atoms with Gasteiger partial charge in [0.05, 0.1) is 25.6 Å². The van der Waals surface area contributed by atoms with Gasteiger partial charge < -0.3 is 18.8 Å². The number of hydrogen-bond acceptors (Lipinski definition) is 5. The third-order valence-electron chi connectivity index (χ3n) is 5.41. The van der Waals surface area contributed by atoms with E-state index in [1.807, 2.05) is 17.0 Å². The Balaban J connectivity index is 1.45. The molecular formula is C20H24N2O4. The monoisotopic (exact) mass is 356 g/mol. The Kier molecular flexibility index (Phi) is 5.04. The topological polar surface area (TPSA) is 64.8 Å². The van der Waals surface area contributed by atoms with Gasteiger partial charge in [-0.05, 0) is 49.1 Å². The van der Waals surface area contributed by atoms with Crippen LogP contribution >= 0.6 is 0 Å². The lowest BCUT2D eigenvalue weighted by Crippen LogP contribution is -2.58. The minimum Gasteiger partial charge on any atom is -0.459 e. The van der Waals surface area contributed by atoms with Crippen molar-refractivity contribution in [1.29, 1.82) is 0 Å². The van der Waals surface area contributed by atoms with Crippen LogP contribution in [-0.4, -0.2) is 48.2 Å². The Hall–Kier alpha value is -2.18. The third kappa shape index (κ3) is 3.52. The summed E-state index contributed by atoms with van der Waals surface area (Å²) in [6.07, 6.45) is 8.08. The number of piperidine rings is 1. The molecule has 2 aliphatic heterocycles. The quantitative estimate of drug-likeness (QED) is 0.824. The van der Waals surface area contributed by atoms with Crippen LogP contribution in [0, 0.1) is 5.41 Å². The highest BCUT2D eigenvalue weighted by molar-refractivity contribution is 5.91. The summed E-state index contributed by atoms with van der Waals surface area (Å²) >= 11 is 0. The third-order valence-corrected chi connectivity index (χ3v) is 5.41. The van der Waals surface area contributed by atoms with Gasteiger partial charge in [0.2, 0.25) is 0 Å². The molecule has 138 valence electrons. The van der Waals surface area contributed by atoms with Gasteiger partial charge in [-0.3, -0.25) is 9.78 Å². The highest BCUT2D eigenvalue weighted by Crippen LogP contribution is 2.41. The molecule has 0 aliphatic carbocycles. The molecule has 0 N–H and O–H groups in total. The number of amides is 1. The SMILES string of the molecule is O=C(c1ccco1)N1CC[C@@H]2OCCC[C@]2(COCc2ccncc2)C1. The van der Waals surface area contributed by atoms with Crippen LogP contribution in [0.1, 0.15) is 35.4 Å². The van der Waals surface area contributed by atoms with Crippen LogP contribution < -0.4 is 0 Å². The van der Waals surface area contributed by atoms with Gasteiger partial charge in [0.15, 0.2) is 5.76 Å². The van der Waals surface area contributed by atoms with Crippen LogP contribution in [0.15, 0.2) is 47.3 Å². The maximum atomic E-state index is 12.7. The number of rotatable bonds is 5. The first-order chi connectivity index (χ1) is 12.8. The summed E-state index contributed by atoms with van der Waals surface area (Å²) in [5, 5.41) is 0. The summed E-state index contributed by atoms with van der Waals surface area (Å²) in [5.41, 5.74) is 0.954. The number of hydrogen-bond donors (Lipinski definition) is 0. The molecule has 2 aromatic heterocycles. The molecule has 6 nitrogen and oxygen atoms in total. The van der Waals surface area contributed by atoms with Crippen LogP contribution in [0.3, 0.4) is 0 Å². The van der Waals surface area contributed by atoms with Crippen molar-refractivity contribution in [2.75, 3.05) is 26.3 Å². The molecule has 0 saturated carbocycles. The fourth-order valence-electron chi connectivity index (χ4n) is 4.08. The van der Waals surface area contributed by atoms with E-state index in [1.165, 1.54) is 6.26 Å². The minimum atomic E-state index is -0.147. The van der Waals surface area contributed by atoms with Gasteiger partial charge in [0.25, 0.3) is 5.91 Å². The van der Waals surface area contributed by atoms with Gasteiger partial charge in [-0.1, -0.05) is 0 Å². The lowest BCUT2D eigenvalue weighted by Gasteiger charge is -2.50. The molecule has 2 aliphatic rings. The second kappa shape index (κ2) is 7.60. The lowest BCUT2D eigenvalue weighted by molar-refractivity contribution is -0.149. The largest absolute Gasteiger partial charge is 0.459 e. The van der Waals surface area contributed by atoms with Crippen LogP contribution in [0.5, 0.6) is 0 Å². The molecule has 0 aromatic carbocycles. The molecule has 2 saturated heterocycles. The van der Waals surface area contributed by atoms with Gasteiger partial charge in [-0.25, -0.2) is 0 Å². The smallest absolute Gasteiger partial charge is 0.289 e. The first-order valence-electron chi connectivity index (χ1n) is 9.18. The van der Waals surface area contributed by atoms with E-state index in [4.69, 9.17) is 13.9 Å². The van der Waals surface area contributed by atoms with E-state index in [0.717, 1.165) is 31.4 Å². The van der Waals surface area contributed by atoms with Crippen LogP contribution in [0.2, 0.25) is 0 Å². The lowest BCUT2D eigenvalue weighted by atomic mass is 9.73. The van der Waals surface area contributed by atoms with Crippen molar-refractivity contribution in [3.05, 3.63) is 54.2 Å². The first kappa shape index (κ1) is 17.2. The Morgan fingerprint density at radius 2 is 2.23 bits per heavy atom. The predicted octanol–water partition coefficient (Wildman–Crippen LogP) is 2.90. The van der Waals surface area contributed by atoms with E-state index in [0.29, 0.717) is 32.1 Å². The standard InChI is InChI=1S/C20H24N2O4/c23-19(17-3-1-11-25-17)22-10-6-18-20(14-22,7-2-12-26-18)15-24-13-16-4-8-21-9-5-16/h1,3-5,8-9,11,18H,2,6-7,10,12-15H2/t18-,20+/m0/s1. The van der Waals surface area contributed by atoms with E-state index < -0.39 is 0 Å². The Labute approximate surface area is 153 Å². The van der Waals surface area contributed by atoms with Gasteiger partial charge in [-0.15, -0.1) is 0 Å². The molecule has 2 aromatic rings. The number of aromatic nitrogens is 1. The highest BCUT2D eigenvalue weighted by Gasteiger charge is 2.47. The molecule has 0 unspecified atom stereocenters. The van der Waals surface area contributed by atoms with E-state index in [1.54, 1.807) is 24.5 Å². The average molecular weight is 356 g/mol. The fraction of sp³-hybridized carbons (Fsp3) is 0.500. The van der Waals surface area contributed by atoms with Crippen molar-refractivity contribution >= 4 is 5.91 Å². The van der Waals surface area contributed by atoms with Crippen LogP contribution in [0.4, 0.5) is 0 Å². The maximum Gasteiger partial charge on any atom is 0.289 e. The summed E-state index contributed by atoms with van der Waals surface area (Å²) in [4.78, 5) is 18.6. The zero-order chi connectivity index (χ0) is 17.8. The van der Waals surface area contributed by atoms with Gasteiger partial charge in [0, 0.05) is 37.5 Å². The molecule has 0 spiro atoms. The van der Waals surface area contributed by atoms with Crippen molar-refractivity contribution in [2.45, 2.75) is 32.0 Å². The zero-order valence-corrected chi connectivity index (χ0v) is 14.8. The molecule has 2 fully saturated rings. The van der Waals surface area contributed by atoms with Crippen LogP contribution in [0.25, 0.3) is 0 Å². The van der Waals surface area contributed by atoms with Crippen molar-refractivity contribution in [1.82, 2.24) is 9.88 Å². The number of carbonyl (C=O) groups is 1. The van der Waals surface area contributed by atoms with Crippen LogP contribution in [-0.2, 0) is 16.1 Å². The number of likely N-dealkylation sites (tertiary alicyclic amines) is 1. The molecule has 26 heavy (non-hydrogen) atoms. The van der Waals surface area contributed by atoms with E-state index >= 15 is 0 Å². The number of nitrogens with zero attached hydrogens (tertiary/aromatic N) is 2. The first-order valence-corrected chi connectivity index (χ1v) is 9.18. The normalized spacial score (nSPS) is 25.7. The molecule has 6 heteroatoms. The number of carbonyl (C=O) groups excluding carboxylic acids is 1.